The van der Waals surface area contributed by atoms with Crippen LogP contribution in [0.25, 0.3) is 0 Å². The number of ether oxygens (including phenoxy) is 2. The van der Waals surface area contributed by atoms with Gasteiger partial charge in [-0.2, -0.15) is 4.31 Å². The standard InChI is InChI=1S/C20H28N2O6S/c1-15-7-8-16(12-18(15)29(25,26)22-9-3-2-4-10-22)20(24)28-14-19(23)21-13-17-6-5-11-27-17/h7-8,12,17H,2-6,9-11,13-14H2,1H3,(H,21,23)/t17-/m1/s1. The van der Waals surface area contributed by atoms with Crippen LogP contribution in [0.5, 0.6) is 0 Å². The zero-order valence-electron chi connectivity index (χ0n) is 16.7. The van der Waals surface area contributed by atoms with Gasteiger partial charge >= 0.3 is 5.97 Å². The molecule has 0 bridgehead atoms. The van der Waals surface area contributed by atoms with E-state index in [0.717, 1.165) is 32.1 Å². The van der Waals surface area contributed by atoms with Crippen molar-refractivity contribution in [3.8, 4) is 0 Å². The summed E-state index contributed by atoms with van der Waals surface area (Å²) in [5.74, 6) is -1.14. The molecule has 0 unspecified atom stereocenters. The van der Waals surface area contributed by atoms with Crippen LogP contribution in [0.2, 0.25) is 0 Å². The van der Waals surface area contributed by atoms with Crippen molar-refractivity contribution in [3.05, 3.63) is 29.3 Å². The minimum absolute atomic E-state index is 0.00861. The van der Waals surface area contributed by atoms with E-state index in [9.17, 15) is 18.0 Å². The average molecular weight is 425 g/mol. The van der Waals surface area contributed by atoms with Crippen LogP contribution in [0.1, 0.15) is 48.0 Å². The predicted molar refractivity (Wildman–Crippen MR) is 106 cm³/mol. The highest BCUT2D eigenvalue weighted by atomic mass is 32.2. The highest BCUT2D eigenvalue weighted by molar-refractivity contribution is 7.89. The van der Waals surface area contributed by atoms with E-state index < -0.39 is 28.5 Å². The molecule has 0 radical (unpaired) electrons. The number of carbonyl (C=O) groups excluding carboxylic acids is 2. The Morgan fingerprint density at radius 2 is 1.97 bits per heavy atom. The molecule has 1 atom stereocenters. The summed E-state index contributed by atoms with van der Waals surface area (Å²) in [5.41, 5.74) is 0.680. The lowest BCUT2D eigenvalue weighted by molar-refractivity contribution is -0.124. The second kappa shape index (κ2) is 9.69. The van der Waals surface area contributed by atoms with Crippen LogP contribution < -0.4 is 5.32 Å². The fourth-order valence-corrected chi connectivity index (χ4v) is 5.32. The number of nitrogens with zero attached hydrogens (tertiary/aromatic N) is 1. The van der Waals surface area contributed by atoms with Crippen molar-refractivity contribution in [2.45, 2.75) is 50.0 Å². The quantitative estimate of drug-likeness (QED) is 0.668. The van der Waals surface area contributed by atoms with Gasteiger partial charge in [0.1, 0.15) is 0 Å². The summed E-state index contributed by atoms with van der Waals surface area (Å²) in [5, 5.41) is 2.68. The summed E-state index contributed by atoms with van der Waals surface area (Å²) in [6.07, 6.45) is 4.58. The lowest BCUT2D eigenvalue weighted by Gasteiger charge is -2.26. The van der Waals surface area contributed by atoms with Gasteiger partial charge < -0.3 is 14.8 Å². The number of sulfonamides is 1. The van der Waals surface area contributed by atoms with Gasteiger partial charge in [-0.15, -0.1) is 0 Å². The zero-order valence-corrected chi connectivity index (χ0v) is 17.5. The molecule has 3 rings (SSSR count). The number of carbonyl (C=O) groups is 2. The van der Waals surface area contributed by atoms with Crippen molar-refractivity contribution in [3.63, 3.8) is 0 Å². The van der Waals surface area contributed by atoms with Crippen LogP contribution in [0, 0.1) is 6.92 Å². The molecular formula is C20H28N2O6S. The molecule has 0 aliphatic carbocycles. The molecule has 29 heavy (non-hydrogen) atoms. The van der Waals surface area contributed by atoms with Gasteiger partial charge in [-0.05, 0) is 50.3 Å². The van der Waals surface area contributed by atoms with Crippen LogP contribution in [-0.4, -0.2) is 63.6 Å². The molecule has 1 aromatic rings. The lowest BCUT2D eigenvalue weighted by atomic mass is 10.1. The Labute approximate surface area is 171 Å². The Morgan fingerprint density at radius 3 is 2.66 bits per heavy atom. The monoisotopic (exact) mass is 424 g/mol. The van der Waals surface area contributed by atoms with Crippen molar-refractivity contribution in [2.75, 3.05) is 32.8 Å². The summed E-state index contributed by atoms with van der Waals surface area (Å²) >= 11 is 0. The maximum atomic E-state index is 13.0. The molecule has 2 heterocycles. The number of benzene rings is 1. The number of aryl methyl sites for hydroxylation is 1. The molecule has 1 amide bonds. The van der Waals surface area contributed by atoms with Gasteiger partial charge in [0.05, 0.1) is 16.6 Å². The molecule has 8 nitrogen and oxygen atoms in total. The van der Waals surface area contributed by atoms with E-state index in [1.807, 2.05) is 0 Å². The van der Waals surface area contributed by atoms with E-state index in [0.29, 0.717) is 31.8 Å². The third-order valence-electron chi connectivity index (χ3n) is 5.24. The molecule has 0 spiro atoms. The number of hydrogen-bond acceptors (Lipinski definition) is 6. The molecule has 2 aliphatic heterocycles. The maximum Gasteiger partial charge on any atom is 0.338 e. The summed E-state index contributed by atoms with van der Waals surface area (Å²) < 4.78 is 37.9. The maximum absolute atomic E-state index is 13.0. The summed E-state index contributed by atoms with van der Waals surface area (Å²) in [4.78, 5) is 24.3. The summed E-state index contributed by atoms with van der Waals surface area (Å²) in [7, 11) is -3.67. The van der Waals surface area contributed by atoms with Crippen LogP contribution in [-0.2, 0) is 24.3 Å². The Hall–Kier alpha value is -1.97. The molecule has 1 N–H and O–H groups in total. The Balaban J connectivity index is 1.60. The molecule has 160 valence electrons. The molecule has 2 aliphatic rings. The van der Waals surface area contributed by atoms with Crippen LogP contribution in [0.3, 0.4) is 0 Å². The summed E-state index contributed by atoms with van der Waals surface area (Å²) in [6, 6.07) is 4.44. The SMILES string of the molecule is Cc1ccc(C(=O)OCC(=O)NC[C@H]2CCCO2)cc1S(=O)(=O)N1CCCCC1. The Kier molecular flexibility index (Phi) is 7.26. The number of nitrogens with one attached hydrogen (secondary N) is 1. The number of rotatable bonds is 7. The van der Waals surface area contributed by atoms with E-state index in [4.69, 9.17) is 9.47 Å². The Morgan fingerprint density at radius 1 is 1.21 bits per heavy atom. The van der Waals surface area contributed by atoms with Crippen LogP contribution >= 0.6 is 0 Å². The largest absolute Gasteiger partial charge is 0.452 e. The number of hydrogen-bond donors (Lipinski definition) is 1. The van der Waals surface area contributed by atoms with Crippen molar-refractivity contribution in [2.24, 2.45) is 0 Å². The van der Waals surface area contributed by atoms with E-state index in [-0.39, 0.29) is 16.6 Å². The normalized spacial score (nSPS) is 20.4. The lowest BCUT2D eigenvalue weighted by Crippen LogP contribution is -2.36. The highest BCUT2D eigenvalue weighted by Gasteiger charge is 2.28. The van der Waals surface area contributed by atoms with Crippen molar-refractivity contribution in [1.82, 2.24) is 9.62 Å². The minimum Gasteiger partial charge on any atom is -0.452 e. The fourth-order valence-electron chi connectivity index (χ4n) is 3.55. The molecule has 0 saturated carbocycles. The van der Waals surface area contributed by atoms with Crippen LogP contribution in [0.15, 0.2) is 23.1 Å². The average Bonchev–Trinajstić information content (AvgIpc) is 3.25. The number of piperidine rings is 1. The molecule has 9 heteroatoms. The van der Waals surface area contributed by atoms with E-state index in [1.54, 1.807) is 13.0 Å². The van der Waals surface area contributed by atoms with Gasteiger partial charge in [0.25, 0.3) is 5.91 Å². The van der Waals surface area contributed by atoms with E-state index >= 15 is 0 Å². The molecule has 2 saturated heterocycles. The van der Waals surface area contributed by atoms with Gasteiger partial charge in [-0.1, -0.05) is 12.5 Å². The second-order valence-corrected chi connectivity index (χ2v) is 9.37. The topological polar surface area (TPSA) is 102 Å². The van der Waals surface area contributed by atoms with E-state index in [2.05, 4.69) is 5.32 Å². The summed E-state index contributed by atoms with van der Waals surface area (Å²) in [6.45, 7) is 3.34. The first-order valence-electron chi connectivity index (χ1n) is 10.0. The first kappa shape index (κ1) is 21.7. The van der Waals surface area contributed by atoms with Gasteiger partial charge in [-0.3, -0.25) is 4.79 Å². The fraction of sp³-hybridized carbons (Fsp3) is 0.600. The molecular weight excluding hydrogens is 396 g/mol. The molecule has 2 fully saturated rings. The smallest absolute Gasteiger partial charge is 0.338 e. The third-order valence-corrected chi connectivity index (χ3v) is 7.28. The number of amides is 1. The molecule has 1 aromatic carbocycles. The van der Waals surface area contributed by atoms with Crippen molar-refractivity contribution >= 4 is 21.9 Å². The van der Waals surface area contributed by atoms with Gasteiger partial charge in [0, 0.05) is 26.2 Å². The third kappa shape index (κ3) is 5.55. The first-order valence-corrected chi connectivity index (χ1v) is 11.5. The second-order valence-electron chi connectivity index (χ2n) is 7.46. The van der Waals surface area contributed by atoms with Crippen molar-refractivity contribution in [1.29, 1.82) is 0 Å². The van der Waals surface area contributed by atoms with Gasteiger partial charge in [-0.25, -0.2) is 13.2 Å². The number of esters is 1. The highest BCUT2D eigenvalue weighted by Crippen LogP contribution is 2.24. The van der Waals surface area contributed by atoms with Crippen LogP contribution in [0.4, 0.5) is 0 Å². The van der Waals surface area contributed by atoms with E-state index in [1.165, 1.54) is 16.4 Å². The first-order chi connectivity index (χ1) is 13.9. The Bertz CT molecular complexity index is 843. The van der Waals surface area contributed by atoms with Gasteiger partial charge in [0.2, 0.25) is 10.0 Å². The minimum atomic E-state index is -3.67. The predicted octanol–water partition coefficient (Wildman–Crippen LogP) is 1.62. The van der Waals surface area contributed by atoms with Gasteiger partial charge in [0.15, 0.2) is 6.61 Å². The van der Waals surface area contributed by atoms with Crippen molar-refractivity contribution < 1.29 is 27.5 Å². The zero-order chi connectivity index (χ0) is 20.9. The molecule has 0 aromatic heterocycles.